The average Bonchev–Trinajstić information content (AvgIpc) is 2.33. The Labute approximate surface area is 116 Å². The summed E-state index contributed by atoms with van der Waals surface area (Å²) >= 11 is 5.80. The fraction of sp³-hybridized carbons (Fsp3) is 0.0769. The van der Waals surface area contributed by atoms with Gasteiger partial charge in [-0.25, -0.2) is 8.42 Å². The molecule has 0 saturated carbocycles. The summed E-state index contributed by atoms with van der Waals surface area (Å²) in [6, 6.07) is 10.3. The van der Waals surface area contributed by atoms with Crippen molar-refractivity contribution in [3.05, 3.63) is 47.5 Å². The predicted octanol–water partition coefficient (Wildman–Crippen LogP) is 3.24. The summed E-state index contributed by atoms with van der Waals surface area (Å²) in [6.07, 6.45) is 1.13. The Morgan fingerprint density at radius 1 is 1.11 bits per heavy atom. The third-order valence-electron chi connectivity index (χ3n) is 2.40. The molecule has 2 aromatic rings. The first-order valence-electron chi connectivity index (χ1n) is 5.33. The number of hydrogen-bond donors (Lipinski definition) is 1. The van der Waals surface area contributed by atoms with Crippen molar-refractivity contribution in [1.82, 2.24) is 0 Å². The number of benzene rings is 2. The monoisotopic (exact) mass is 298 g/mol. The SMILES string of the molecule is CS(=O)(=O)c1ccc(Oc2cc(Cl)ccc2O)cc1. The lowest BCUT2D eigenvalue weighted by Crippen LogP contribution is -1.96. The van der Waals surface area contributed by atoms with Crippen LogP contribution in [-0.2, 0) is 9.84 Å². The van der Waals surface area contributed by atoms with Crippen LogP contribution in [0.15, 0.2) is 47.4 Å². The van der Waals surface area contributed by atoms with E-state index in [1.54, 1.807) is 0 Å². The smallest absolute Gasteiger partial charge is 0.175 e. The van der Waals surface area contributed by atoms with Crippen LogP contribution < -0.4 is 4.74 Å². The van der Waals surface area contributed by atoms with Gasteiger partial charge < -0.3 is 9.84 Å². The molecule has 2 aromatic carbocycles. The van der Waals surface area contributed by atoms with Crippen LogP contribution >= 0.6 is 11.6 Å². The van der Waals surface area contributed by atoms with Crippen LogP contribution in [0.2, 0.25) is 5.02 Å². The summed E-state index contributed by atoms with van der Waals surface area (Å²) in [5.74, 6) is 0.571. The van der Waals surface area contributed by atoms with Gasteiger partial charge in [-0.3, -0.25) is 0 Å². The van der Waals surface area contributed by atoms with Crippen LogP contribution in [0.1, 0.15) is 0 Å². The summed E-state index contributed by atoms with van der Waals surface area (Å²) in [5, 5.41) is 10.0. The largest absolute Gasteiger partial charge is 0.504 e. The summed E-state index contributed by atoms with van der Waals surface area (Å²) in [5.41, 5.74) is 0. The maximum atomic E-state index is 11.3. The molecule has 0 atom stereocenters. The molecule has 0 aromatic heterocycles. The number of sulfone groups is 1. The Kier molecular flexibility index (Phi) is 3.68. The number of phenols is 1. The minimum atomic E-state index is -3.23. The molecular formula is C13H11ClO4S. The van der Waals surface area contributed by atoms with Crippen LogP contribution in [0.3, 0.4) is 0 Å². The van der Waals surface area contributed by atoms with Crippen LogP contribution in [0.25, 0.3) is 0 Å². The van der Waals surface area contributed by atoms with Gasteiger partial charge in [0, 0.05) is 17.3 Å². The van der Waals surface area contributed by atoms with Crippen molar-refractivity contribution in [2.75, 3.05) is 6.26 Å². The maximum Gasteiger partial charge on any atom is 0.175 e. The van der Waals surface area contributed by atoms with E-state index in [0.717, 1.165) is 6.26 Å². The van der Waals surface area contributed by atoms with Crippen molar-refractivity contribution in [2.24, 2.45) is 0 Å². The summed E-state index contributed by atoms with van der Waals surface area (Å²) in [6.45, 7) is 0. The fourth-order valence-electron chi connectivity index (χ4n) is 1.45. The van der Waals surface area contributed by atoms with E-state index in [0.29, 0.717) is 10.8 Å². The zero-order valence-corrected chi connectivity index (χ0v) is 11.6. The number of phenolic OH excluding ortho intramolecular Hbond substituents is 1. The molecule has 4 nitrogen and oxygen atoms in total. The Morgan fingerprint density at radius 3 is 2.32 bits per heavy atom. The molecule has 0 saturated heterocycles. The molecule has 0 radical (unpaired) electrons. The highest BCUT2D eigenvalue weighted by molar-refractivity contribution is 7.90. The van der Waals surface area contributed by atoms with E-state index in [2.05, 4.69) is 0 Å². The van der Waals surface area contributed by atoms with Crippen molar-refractivity contribution >= 4 is 21.4 Å². The van der Waals surface area contributed by atoms with Gasteiger partial charge in [-0.2, -0.15) is 0 Å². The van der Waals surface area contributed by atoms with E-state index in [9.17, 15) is 13.5 Å². The van der Waals surface area contributed by atoms with Crippen LogP contribution in [0.5, 0.6) is 17.2 Å². The first kappa shape index (κ1) is 13.7. The molecule has 0 unspecified atom stereocenters. The molecule has 0 bridgehead atoms. The van der Waals surface area contributed by atoms with Crippen molar-refractivity contribution in [3.63, 3.8) is 0 Å². The molecular weight excluding hydrogens is 288 g/mol. The van der Waals surface area contributed by atoms with Gasteiger partial charge in [0.2, 0.25) is 0 Å². The van der Waals surface area contributed by atoms with Gasteiger partial charge in [0.15, 0.2) is 21.3 Å². The predicted molar refractivity (Wildman–Crippen MR) is 72.7 cm³/mol. The lowest BCUT2D eigenvalue weighted by Gasteiger charge is -2.08. The van der Waals surface area contributed by atoms with Crippen LogP contribution in [0.4, 0.5) is 0 Å². The van der Waals surface area contributed by atoms with Gasteiger partial charge in [0.25, 0.3) is 0 Å². The Balaban J connectivity index is 2.27. The van der Waals surface area contributed by atoms with Crippen molar-refractivity contribution in [1.29, 1.82) is 0 Å². The number of ether oxygens (including phenoxy) is 1. The van der Waals surface area contributed by atoms with Crippen molar-refractivity contribution in [3.8, 4) is 17.2 Å². The lowest BCUT2D eigenvalue weighted by atomic mass is 10.3. The standard InChI is InChI=1S/C13H11ClO4S/c1-19(16,17)11-5-3-10(4-6-11)18-13-8-9(14)2-7-12(13)15/h2-8,15H,1H3. The third kappa shape index (κ3) is 3.39. The minimum absolute atomic E-state index is 0.0448. The molecule has 0 aliphatic heterocycles. The first-order valence-corrected chi connectivity index (χ1v) is 7.60. The van der Waals surface area contributed by atoms with Gasteiger partial charge >= 0.3 is 0 Å². The second-order valence-corrected chi connectivity index (χ2v) is 6.41. The van der Waals surface area contributed by atoms with Gasteiger partial charge in [-0.15, -0.1) is 0 Å². The van der Waals surface area contributed by atoms with E-state index in [-0.39, 0.29) is 16.4 Å². The second-order valence-electron chi connectivity index (χ2n) is 3.96. The highest BCUT2D eigenvalue weighted by atomic mass is 35.5. The minimum Gasteiger partial charge on any atom is -0.504 e. The quantitative estimate of drug-likeness (QED) is 0.945. The molecule has 0 spiro atoms. The number of hydrogen-bond acceptors (Lipinski definition) is 4. The number of aromatic hydroxyl groups is 1. The zero-order chi connectivity index (χ0) is 14.0. The van der Waals surface area contributed by atoms with Gasteiger partial charge in [-0.1, -0.05) is 11.6 Å². The van der Waals surface area contributed by atoms with E-state index in [1.807, 2.05) is 0 Å². The summed E-state index contributed by atoms with van der Waals surface area (Å²) in [7, 11) is -3.23. The van der Waals surface area contributed by atoms with E-state index >= 15 is 0 Å². The average molecular weight is 299 g/mol. The van der Waals surface area contributed by atoms with E-state index < -0.39 is 9.84 Å². The third-order valence-corrected chi connectivity index (χ3v) is 3.77. The van der Waals surface area contributed by atoms with Gasteiger partial charge in [-0.05, 0) is 36.4 Å². The maximum absolute atomic E-state index is 11.3. The molecule has 0 amide bonds. The molecule has 0 aliphatic rings. The van der Waals surface area contributed by atoms with Gasteiger partial charge in [0.1, 0.15) is 5.75 Å². The topological polar surface area (TPSA) is 63.6 Å². The Bertz CT molecular complexity index is 693. The van der Waals surface area contributed by atoms with E-state index in [1.165, 1.54) is 42.5 Å². The zero-order valence-electron chi connectivity index (χ0n) is 10.00. The summed E-state index contributed by atoms with van der Waals surface area (Å²) < 4.78 is 28.0. The molecule has 6 heteroatoms. The molecule has 1 N–H and O–H groups in total. The number of rotatable bonds is 3. The Morgan fingerprint density at radius 2 is 1.74 bits per heavy atom. The molecule has 0 heterocycles. The first-order chi connectivity index (χ1) is 8.86. The Hall–Kier alpha value is -1.72. The second kappa shape index (κ2) is 5.11. The van der Waals surface area contributed by atoms with Crippen molar-refractivity contribution in [2.45, 2.75) is 4.90 Å². The number of halogens is 1. The van der Waals surface area contributed by atoms with Crippen LogP contribution in [0, 0.1) is 0 Å². The lowest BCUT2D eigenvalue weighted by molar-refractivity contribution is 0.411. The highest BCUT2D eigenvalue weighted by Gasteiger charge is 2.08. The van der Waals surface area contributed by atoms with Crippen LogP contribution in [-0.4, -0.2) is 19.8 Å². The van der Waals surface area contributed by atoms with Gasteiger partial charge in [0.05, 0.1) is 4.90 Å². The molecule has 19 heavy (non-hydrogen) atoms. The van der Waals surface area contributed by atoms with Crippen molar-refractivity contribution < 1.29 is 18.3 Å². The molecule has 0 aliphatic carbocycles. The highest BCUT2D eigenvalue weighted by Crippen LogP contribution is 2.33. The van der Waals surface area contributed by atoms with E-state index in [4.69, 9.17) is 16.3 Å². The summed E-state index contributed by atoms with van der Waals surface area (Å²) in [4.78, 5) is 0.204. The molecule has 0 fully saturated rings. The molecule has 2 rings (SSSR count). The molecule has 100 valence electrons. The normalized spacial score (nSPS) is 11.3. The fourth-order valence-corrected chi connectivity index (χ4v) is 2.24.